The predicted molar refractivity (Wildman–Crippen MR) is 73.9 cm³/mol. The number of rotatable bonds is 2. The first-order valence-electron chi connectivity index (χ1n) is 5.85. The number of hydrogen-bond donors (Lipinski definition) is 1. The zero-order valence-electron chi connectivity index (χ0n) is 10.5. The summed E-state index contributed by atoms with van der Waals surface area (Å²) in [5.41, 5.74) is 7.06. The Morgan fingerprint density at radius 1 is 1.05 bits per heavy atom. The summed E-state index contributed by atoms with van der Waals surface area (Å²) in [5, 5.41) is 11.6. The highest BCUT2D eigenvalue weighted by atomic mass is 35.5. The van der Waals surface area contributed by atoms with Crippen molar-refractivity contribution in [2.24, 2.45) is 0 Å². The van der Waals surface area contributed by atoms with Crippen molar-refractivity contribution < 1.29 is 8.78 Å². The fourth-order valence-corrected chi connectivity index (χ4v) is 2.04. The molecule has 0 unspecified atom stereocenters. The highest BCUT2D eigenvalue weighted by Crippen LogP contribution is 2.28. The van der Waals surface area contributed by atoms with Crippen LogP contribution in [0.3, 0.4) is 0 Å². The molecule has 0 saturated carbocycles. The minimum atomic E-state index is -0.993. The standard InChI is InChI=1S/C13H8ClF2N5/c14-7-1-4-12(17)9(5-7)13-18-19-20-21(13)8-2-3-10(15)11(16)6-8/h1-6H,17H2. The lowest BCUT2D eigenvalue weighted by molar-refractivity contribution is 0.507. The van der Waals surface area contributed by atoms with E-state index in [1.165, 1.54) is 10.7 Å². The minimum Gasteiger partial charge on any atom is -0.398 e. The molecule has 2 N–H and O–H groups in total. The van der Waals surface area contributed by atoms with Gasteiger partial charge >= 0.3 is 0 Å². The van der Waals surface area contributed by atoms with E-state index in [2.05, 4.69) is 15.5 Å². The quantitative estimate of drug-likeness (QED) is 0.739. The van der Waals surface area contributed by atoms with Crippen molar-refractivity contribution in [2.45, 2.75) is 0 Å². The lowest BCUT2D eigenvalue weighted by Gasteiger charge is -2.07. The Bertz CT molecular complexity index is 818. The average molecular weight is 308 g/mol. The van der Waals surface area contributed by atoms with Gasteiger partial charge in [0.05, 0.1) is 5.69 Å². The lowest BCUT2D eigenvalue weighted by Crippen LogP contribution is -2.02. The number of anilines is 1. The molecule has 0 atom stereocenters. The maximum Gasteiger partial charge on any atom is 0.189 e. The monoisotopic (exact) mass is 307 g/mol. The normalized spacial score (nSPS) is 10.8. The molecule has 8 heteroatoms. The van der Waals surface area contributed by atoms with Crippen LogP contribution in [0, 0.1) is 11.6 Å². The van der Waals surface area contributed by atoms with E-state index in [9.17, 15) is 8.78 Å². The van der Waals surface area contributed by atoms with Gasteiger partial charge in [-0.3, -0.25) is 0 Å². The Morgan fingerprint density at radius 3 is 2.62 bits per heavy atom. The largest absolute Gasteiger partial charge is 0.398 e. The van der Waals surface area contributed by atoms with Crippen LogP contribution in [0.2, 0.25) is 5.02 Å². The summed E-state index contributed by atoms with van der Waals surface area (Å²) in [6, 6.07) is 8.19. The fraction of sp³-hybridized carbons (Fsp3) is 0. The van der Waals surface area contributed by atoms with Crippen LogP contribution in [-0.4, -0.2) is 20.2 Å². The van der Waals surface area contributed by atoms with Gasteiger partial charge in [0.25, 0.3) is 0 Å². The van der Waals surface area contributed by atoms with Crippen molar-refractivity contribution >= 4 is 17.3 Å². The molecule has 5 nitrogen and oxygen atoms in total. The molecule has 21 heavy (non-hydrogen) atoms. The summed E-state index contributed by atoms with van der Waals surface area (Å²) in [7, 11) is 0. The number of nitrogen functional groups attached to an aromatic ring is 1. The number of nitrogens with two attached hydrogens (primary N) is 1. The molecule has 1 heterocycles. The molecule has 0 saturated heterocycles. The number of tetrazole rings is 1. The topological polar surface area (TPSA) is 69.6 Å². The van der Waals surface area contributed by atoms with E-state index in [0.29, 0.717) is 16.3 Å². The molecule has 0 bridgehead atoms. The van der Waals surface area contributed by atoms with Gasteiger partial charge in [0.1, 0.15) is 0 Å². The molecule has 1 aromatic heterocycles. The van der Waals surface area contributed by atoms with Gasteiger partial charge in [-0.25, -0.2) is 8.78 Å². The number of nitrogens with zero attached hydrogens (tertiary/aromatic N) is 4. The number of aromatic nitrogens is 4. The molecule has 3 aromatic rings. The van der Waals surface area contributed by atoms with Crippen molar-refractivity contribution in [3.05, 3.63) is 53.1 Å². The van der Waals surface area contributed by atoms with E-state index < -0.39 is 11.6 Å². The van der Waals surface area contributed by atoms with Gasteiger partial charge in [0.2, 0.25) is 0 Å². The molecule has 0 spiro atoms. The second-order valence-corrected chi connectivity index (χ2v) is 4.68. The second kappa shape index (κ2) is 5.10. The molecule has 106 valence electrons. The Balaban J connectivity index is 2.17. The zero-order chi connectivity index (χ0) is 15.0. The van der Waals surface area contributed by atoms with Crippen molar-refractivity contribution in [3.8, 4) is 17.1 Å². The molecule has 0 radical (unpaired) electrons. The van der Waals surface area contributed by atoms with Crippen LogP contribution in [0.4, 0.5) is 14.5 Å². The van der Waals surface area contributed by atoms with Gasteiger partial charge < -0.3 is 5.73 Å². The lowest BCUT2D eigenvalue weighted by atomic mass is 10.1. The van der Waals surface area contributed by atoms with Gasteiger partial charge in [-0.15, -0.1) is 5.10 Å². The number of benzene rings is 2. The second-order valence-electron chi connectivity index (χ2n) is 4.24. The van der Waals surface area contributed by atoms with E-state index in [1.807, 2.05) is 0 Å². The fourth-order valence-electron chi connectivity index (χ4n) is 1.87. The van der Waals surface area contributed by atoms with Gasteiger partial charge in [-0.05, 0) is 40.8 Å². The summed E-state index contributed by atoms with van der Waals surface area (Å²) in [6.07, 6.45) is 0. The third-order valence-corrected chi connectivity index (χ3v) is 3.11. The molecule has 0 amide bonds. The first-order chi connectivity index (χ1) is 10.1. The number of halogens is 3. The molecular weight excluding hydrogens is 300 g/mol. The average Bonchev–Trinajstić information content (AvgIpc) is 2.93. The maximum absolute atomic E-state index is 13.3. The van der Waals surface area contributed by atoms with E-state index in [-0.39, 0.29) is 11.5 Å². The Hall–Kier alpha value is -2.54. The van der Waals surface area contributed by atoms with Gasteiger partial charge in [-0.2, -0.15) is 4.68 Å². The Kier molecular flexibility index (Phi) is 3.26. The highest BCUT2D eigenvalue weighted by Gasteiger charge is 2.15. The summed E-state index contributed by atoms with van der Waals surface area (Å²) < 4.78 is 27.6. The maximum atomic E-state index is 13.3. The minimum absolute atomic E-state index is 0.272. The first kappa shape index (κ1) is 13.4. The van der Waals surface area contributed by atoms with Gasteiger partial charge in [0, 0.05) is 22.3 Å². The molecule has 3 rings (SSSR count). The van der Waals surface area contributed by atoms with Gasteiger partial charge in [-0.1, -0.05) is 11.6 Å². The van der Waals surface area contributed by atoms with Crippen LogP contribution in [0.1, 0.15) is 0 Å². The summed E-state index contributed by atoms with van der Waals surface area (Å²) in [5.74, 6) is -1.66. The van der Waals surface area contributed by atoms with Crippen LogP contribution < -0.4 is 5.73 Å². The van der Waals surface area contributed by atoms with Crippen molar-refractivity contribution in [2.75, 3.05) is 5.73 Å². The molecule has 0 aliphatic rings. The summed E-state index contributed by atoms with van der Waals surface area (Å²) >= 11 is 5.94. The zero-order valence-corrected chi connectivity index (χ0v) is 11.2. The molecule has 0 fully saturated rings. The smallest absolute Gasteiger partial charge is 0.189 e. The molecule has 2 aromatic carbocycles. The highest BCUT2D eigenvalue weighted by molar-refractivity contribution is 6.31. The van der Waals surface area contributed by atoms with Crippen LogP contribution in [0.5, 0.6) is 0 Å². The predicted octanol–water partition coefficient (Wildman–Crippen LogP) is 2.84. The van der Waals surface area contributed by atoms with E-state index in [4.69, 9.17) is 17.3 Å². The summed E-state index contributed by atoms with van der Waals surface area (Å²) in [6.45, 7) is 0. The van der Waals surface area contributed by atoms with Crippen molar-refractivity contribution in [3.63, 3.8) is 0 Å². The SMILES string of the molecule is Nc1ccc(Cl)cc1-c1nnnn1-c1ccc(F)c(F)c1. The Labute approximate surface area is 123 Å². The van der Waals surface area contributed by atoms with E-state index in [0.717, 1.165) is 12.1 Å². The van der Waals surface area contributed by atoms with Crippen LogP contribution in [-0.2, 0) is 0 Å². The van der Waals surface area contributed by atoms with E-state index in [1.54, 1.807) is 18.2 Å². The number of hydrogen-bond acceptors (Lipinski definition) is 4. The van der Waals surface area contributed by atoms with Crippen molar-refractivity contribution in [1.82, 2.24) is 20.2 Å². The van der Waals surface area contributed by atoms with Gasteiger partial charge in [0.15, 0.2) is 17.5 Å². The molecular formula is C13H8ClF2N5. The molecule has 0 aliphatic heterocycles. The van der Waals surface area contributed by atoms with Crippen LogP contribution in [0.25, 0.3) is 17.1 Å². The first-order valence-corrected chi connectivity index (χ1v) is 6.23. The van der Waals surface area contributed by atoms with Crippen LogP contribution in [0.15, 0.2) is 36.4 Å². The third kappa shape index (κ3) is 2.43. The van der Waals surface area contributed by atoms with Crippen molar-refractivity contribution in [1.29, 1.82) is 0 Å². The van der Waals surface area contributed by atoms with Crippen LogP contribution >= 0.6 is 11.6 Å². The Morgan fingerprint density at radius 2 is 1.86 bits per heavy atom. The third-order valence-electron chi connectivity index (χ3n) is 2.87. The van der Waals surface area contributed by atoms with E-state index >= 15 is 0 Å². The summed E-state index contributed by atoms with van der Waals surface area (Å²) in [4.78, 5) is 0. The molecule has 0 aliphatic carbocycles.